The van der Waals surface area contributed by atoms with E-state index < -0.39 is 17.0 Å². The van der Waals surface area contributed by atoms with Gasteiger partial charge in [-0.15, -0.1) is 11.3 Å². The standard InChI is InChI=1S/C20H15N3O5S/c1-11-18-15(10-16(17-7-4-8-29-17)21-19(18)28-22-11)20(24)27-12(2)13-5-3-6-14(9-13)23(25)26/h3-10,12H,1-2H3. The van der Waals surface area contributed by atoms with Crippen LogP contribution in [0.4, 0.5) is 5.69 Å². The molecule has 0 aliphatic carbocycles. The maximum atomic E-state index is 13.0. The zero-order chi connectivity index (χ0) is 20.5. The van der Waals surface area contributed by atoms with Crippen molar-refractivity contribution in [3.63, 3.8) is 0 Å². The Hall–Kier alpha value is -3.59. The van der Waals surface area contributed by atoms with E-state index in [-0.39, 0.29) is 17.0 Å². The SMILES string of the molecule is Cc1noc2nc(-c3cccs3)cc(C(=O)OC(C)c3cccc([N+](=O)[O-])c3)c12. The van der Waals surface area contributed by atoms with Crippen LogP contribution in [0.1, 0.15) is 34.6 Å². The lowest BCUT2D eigenvalue weighted by atomic mass is 10.1. The molecule has 0 saturated carbocycles. The maximum Gasteiger partial charge on any atom is 0.339 e. The minimum Gasteiger partial charge on any atom is -0.454 e. The summed E-state index contributed by atoms with van der Waals surface area (Å²) < 4.78 is 10.9. The van der Waals surface area contributed by atoms with Gasteiger partial charge < -0.3 is 9.26 Å². The van der Waals surface area contributed by atoms with Crippen molar-refractivity contribution in [2.75, 3.05) is 0 Å². The number of carbonyl (C=O) groups excluding carboxylic acids is 1. The van der Waals surface area contributed by atoms with Crippen LogP contribution in [0.3, 0.4) is 0 Å². The second-order valence-electron chi connectivity index (χ2n) is 6.38. The predicted octanol–water partition coefficient (Wildman–Crippen LogP) is 5.09. The van der Waals surface area contributed by atoms with Crippen molar-refractivity contribution < 1.29 is 19.0 Å². The zero-order valence-electron chi connectivity index (χ0n) is 15.5. The first-order valence-electron chi connectivity index (χ1n) is 8.70. The number of ether oxygens (including phenoxy) is 1. The van der Waals surface area contributed by atoms with E-state index in [1.807, 2.05) is 17.5 Å². The molecular weight excluding hydrogens is 394 g/mol. The van der Waals surface area contributed by atoms with Crippen molar-refractivity contribution in [1.29, 1.82) is 0 Å². The van der Waals surface area contributed by atoms with Gasteiger partial charge in [-0.3, -0.25) is 10.1 Å². The molecule has 0 aliphatic heterocycles. The van der Waals surface area contributed by atoms with Gasteiger partial charge in [-0.1, -0.05) is 23.4 Å². The average Bonchev–Trinajstić information content (AvgIpc) is 3.37. The van der Waals surface area contributed by atoms with Crippen molar-refractivity contribution in [3.05, 3.63) is 74.8 Å². The quantitative estimate of drug-likeness (QED) is 0.257. The molecule has 0 N–H and O–H groups in total. The number of benzene rings is 1. The summed E-state index contributed by atoms with van der Waals surface area (Å²) in [6.07, 6.45) is -0.684. The van der Waals surface area contributed by atoms with Gasteiger partial charge in [0, 0.05) is 12.1 Å². The van der Waals surface area contributed by atoms with Crippen LogP contribution in [-0.2, 0) is 4.74 Å². The predicted molar refractivity (Wildman–Crippen MR) is 107 cm³/mol. The van der Waals surface area contributed by atoms with Gasteiger partial charge in [0.1, 0.15) is 6.10 Å². The number of esters is 1. The van der Waals surface area contributed by atoms with Gasteiger partial charge in [-0.05, 0) is 36.9 Å². The molecule has 1 aromatic carbocycles. The maximum absolute atomic E-state index is 13.0. The Bertz CT molecular complexity index is 1220. The summed E-state index contributed by atoms with van der Waals surface area (Å²) in [5.74, 6) is -0.583. The molecule has 1 unspecified atom stereocenters. The third kappa shape index (κ3) is 3.59. The minimum atomic E-state index is -0.684. The number of pyridine rings is 1. The number of aromatic nitrogens is 2. The van der Waals surface area contributed by atoms with E-state index in [0.717, 1.165) is 4.88 Å². The van der Waals surface area contributed by atoms with Crippen LogP contribution in [0.15, 0.2) is 52.4 Å². The number of hydrogen-bond donors (Lipinski definition) is 0. The molecule has 9 heteroatoms. The Morgan fingerprint density at radius 1 is 1.28 bits per heavy atom. The highest BCUT2D eigenvalue weighted by Crippen LogP contribution is 2.31. The van der Waals surface area contributed by atoms with Gasteiger partial charge in [0.05, 0.1) is 32.1 Å². The molecule has 8 nitrogen and oxygen atoms in total. The number of hydrogen-bond acceptors (Lipinski definition) is 8. The summed E-state index contributed by atoms with van der Waals surface area (Å²) in [6, 6.07) is 11.4. The van der Waals surface area contributed by atoms with Crippen LogP contribution in [0, 0.1) is 17.0 Å². The molecule has 0 fully saturated rings. The lowest BCUT2D eigenvalue weighted by Crippen LogP contribution is -2.10. The second kappa shape index (κ2) is 7.44. The van der Waals surface area contributed by atoms with Crippen LogP contribution >= 0.6 is 11.3 Å². The number of non-ortho nitro benzene ring substituents is 1. The number of nitro benzene ring substituents is 1. The second-order valence-corrected chi connectivity index (χ2v) is 7.33. The number of rotatable bonds is 5. The van der Waals surface area contributed by atoms with Crippen molar-refractivity contribution >= 4 is 34.1 Å². The lowest BCUT2D eigenvalue weighted by Gasteiger charge is -2.14. The fourth-order valence-electron chi connectivity index (χ4n) is 2.99. The van der Waals surface area contributed by atoms with E-state index in [4.69, 9.17) is 9.26 Å². The van der Waals surface area contributed by atoms with Gasteiger partial charge in [-0.2, -0.15) is 0 Å². The summed E-state index contributed by atoms with van der Waals surface area (Å²) in [5, 5.41) is 17.3. The molecule has 0 bridgehead atoms. The summed E-state index contributed by atoms with van der Waals surface area (Å²) in [6.45, 7) is 3.38. The molecule has 0 saturated heterocycles. The van der Waals surface area contributed by atoms with Gasteiger partial charge in [0.2, 0.25) is 0 Å². The Labute approximate surface area is 168 Å². The highest BCUT2D eigenvalue weighted by Gasteiger charge is 2.23. The fourth-order valence-corrected chi connectivity index (χ4v) is 3.68. The molecule has 0 amide bonds. The first-order chi connectivity index (χ1) is 13.9. The monoisotopic (exact) mass is 409 g/mol. The van der Waals surface area contributed by atoms with Crippen LogP contribution in [0.2, 0.25) is 0 Å². The number of nitro groups is 1. The Balaban J connectivity index is 1.70. The van der Waals surface area contributed by atoms with Crippen LogP contribution in [0.25, 0.3) is 21.7 Å². The summed E-state index contributed by atoms with van der Waals surface area (Å²) in [5.41, 5.74) is 2.11. The van der Waals surface area contributed by atoms with Crippen molar-refractivity contribution in [3.8, 4) is 10.6 Å². The molecule has 146 valence electrons. The van der Waals surface area contributed by atoms with Gasteiger partial charge >= 0.3 is 5.97 Å². The van der Waals surface area contributed by atoms with Gasteiger partial charge in [0.25, 0.3) is 11.4 Å². The van der Waals surface area contributed by atoms with Gasteiger partial charge in [-0.25, -0.2) is 9.78 Å². The molecule has 3 aromatic heterocycles. The normalized spacial score (nSPS) is 12.1. The van der Waals surface area contributed by atoms with Crippen molar-refractivity contribution in [2.24, 2.45) is 0 Å². The number of carbonyl (C=O) groups is 1. The number of nitrogens with zero attached hydrogens (tertiary/aromatic N) is 3. The molecule has 0 radical (unpaired) electrons. The van der Waals surface area contributed by atoms with E-state index in [0.29, 0.717) is 22.3 Å². The van der Waals surface area contributed by atoms with Crippen LogP contribution in [0.5, 0.6) is 0 Å². The van der Waals surface area contributed by atoms with Gasteiger partial charge in [0.15, 0.2) is 0 Å². The molecule has 4 rings (SSSR count). The third-order valence-electron chi connectivity index (χ3n) is 4.44. The smallest absolute Gasteiger partial charge is 0.339 e. The number of thiophene rings is 1. The first-order valence-corrected chi connectivity index (χ1v) is 9.58. The first kappa shape index (κ1) is 18.8. The summed E-state index contributed by atoms with van der Waals surface area (Å²) >= 11 is 1.49. The molecule has 1 atom stereocenters. The third-order valence-corrected chi connectivity index (χ3v) is 5.34. The lowest BCUT2D eigenvalue weighted by molar-refractivity contribution is -0.385. The van der Waals surface area contributed by atoms with E-state index in [1.54, 1.807) is 32.0 Å². The Morgan fingerprint density at radius 3 is 2.83 bits per heavy atom. The minimum absolute atomic E-state index is 0.0634. The summed E-state index contributed by atoms with van der Waals surface area (Å²) in [7, 11) is 0. The molecule has 0 spiro atoms. The van der Waals surface area contributed by atoms with Crippen LogP contribution < -0.4 is 0 Å². The number of fused-ring (bicyclic) bond motifs is 1. The topological polar surface area (TPSA) is 108 Å². The highest BCUT2D eigenvalue weighted by atomic mass is 32.1. The van der Waals surface area contributed by atoms with E-state index in [1.165, 1.54) is 23.5 Å². The van der Waals surface area contributed by atoms with E-state index >= 15 is 0 Å². The summed E-state index contributed by atoms with van der Waals surface area (Å²) in [4.78, 5) is 28.8. The zero-order valence-corrected chi connectivity index (χ0v) is 16.3. The molecule has 0 aliphatic rings. The molecule has 3 heterocycles. The van der Waals surface area contributed by atoms with Crippen molar-refractivity contribution in [1.82, 2.24) is 10.1 Å². The Kier molecular flexibility index (Phi) is 4.81. The average molecular weight is 409 g/mol. The fraction of sp³-hybridized carbons (Fsp3) is 0.150. The van der Waals surface area contributed by atoms with Crippen LogP contribution in [-0.4, -0.2) is 21.0 Å². The molecular formula is C20H15N3O5S. The largest absolute Gasteiger partial charge is 0.454 e. The molecule has 29 heavy (non-hydrogen) atoms. The highest BCUT2D eigenvalue weighted by molar-refractivity contribution is 7.13. The number of aryl methyl sites for hydroxylation is 1. The van der Waals surface area contributed by atoms with Crippen molar-refractivity contribution in [2.45, 2.75) is 20.0 Å². The van der Waals surface area contributed by atoms with E-state index in [2.05, 4.69) is 10.1 Å². The van der Waals surface area contributed by atoms with E-state index in [9.17, 15) is 14.9 Å². The Morgan fingerprint density at radius 2 is 2.10 bits per heavy atom. The molecule has 4 aromatic rings.